The summed E-state index contributed by atoms with van der Waals surface area (Å²) in [6, 6.07) is 7.47. The SMILES string of the molecule is CCC.CNS(=O)(=O)Nc1ncnc(OCCOc2ncc(SC)cn2)c1-c1ccc(Br)cc1. The molecule has 0 aliphatic carbocycles. The van der Waals surface area contributed by atoms with Gasteiger partial charge in [0.1, 0.15) is 19.5 Å². The van der Waals surface area contributed by atoms with Crippen molar-refractivity contribution in [3.63, 3.8) is 0 Å². The van der Waals surface area contributed by atoms with Crippen molar-refractivity contribution in [1.82, 2.24) is 24.7 Å². The van der Waals surface area contributed by atoms with E-state index in [1.807, 2.05) is 18.4 Å². The summed E-state index contributed by atoms with van der Waals surface area (Å²) in [4.78, 5) is 17.4. The Hall–Kier alpha value is -2.48. The van der Waals surface area contributed by atoms with Crippen LogP contribution in [0.1, 0.15) is 20.3 Å². The third-order valence-corrected chi connectivity index (χ3v) is 6.05. The summed E-state index contributed by atoms with van der Waals surface area (Å²) in [5, 5.41) is 0. The van der Waals surface area contributed by atoms with E-state index in [1.54, 1.807) is 24.5 Å². The van der Waals surface area contributed by atoms with E-state index in [0.717, 1.165) is 9.37 Å². The van der Waals surface area contributed by atoms with Crippen LogP contribution in [0.2, 0.25) is 0 Å². The van der Waals surface area contributed by atoms with Crippen LogP contribution in [0, 0.1) is 0 Å². The maximum absolute atomic E-state index is 12.0. The standard InChI is InChI=1S/C18H19BrN6O4S2.C3H8/c1-20-31(26,27)25-16-15(12-3-5-13(19)6-4-12)17(24-11-23-16)28-7-8-29-18-21-9-14(30-2)10-22-18;1-3-2/h3-6,9-11,20H,7-8H2,1-2H3,(H,23,24,25);3H2,1-2H3. The first-order chi connectivity index (χ1) is 16.3. The number of hydrogen-bond donors (Lipinski definition) is 2. The zero-order valence-electron chi connectivity index (χ0n) is 19.3. The van der Waals surface area contributed by atoms with Crippen LogP contribution in [0.15, 0.2) is 52.4 Å². The third kappa shape index (κ3) is 8.70. The summed E-state index contributed by atoms with van der Waals surface area (Å²) in [5.74, 6) is 0.284. The van der Waals surface area contributed by atoms with Crippen LogP contribution in [-0.2, 0) is 10.2 Å². The molecule has 34 heavy (non-hydrogen) atoms. The maximum Gasteiger partial charge on any atom is 0.316 e. The number of anilines is 1. The van der Waals surface area contributed by atoms with Gasteiger partial charge in [0.15, 0.2) is 5.82 Å². The molecule has 0 fully saturated rings. The second kappa shape index (κ2) is 14.0. The minimum absolute atomic E-state index is 0.0820. The summed E-state index contributed by atoms with van der Waals surface area (Å²) in [5.41, 5.74) is 1.07. The molecular weight excluding hydrogens is 544 g/mol. The zero-order chi connectivity index (χ0) is 25.0. The van der Waals surface area contributed by atoms with E-state index in [-0.39, 0.29) is 30.9 Å². The van der Waals surface area contributed by atoms with Crippen molar-refractivity contribution in [1.29, 1.82) is 0 Å². The molecule has 3 rings (SSSR count). The van der Waals surface area contributed by atoms with Crippen LogP contribution in [0.25, 0.3) is 11.1 Å². The fourth-order valence-electron chi connectivity index (χ4n) is 2.37. The third-order valence-electron chi connectivity index (χ3n) is 3.84. The molecule has 0 aliphatic heterocycles. The lowest BCUT2D eigenvalue weighted by Crippen LogP contribution is -2.27. The first-order valence-electron chi connectivity index (χ1n) is 10.3. The van der Waals surface area contributed by atoms with E-state index in [9.17, 15) is 8.42 Å². The van der Waals surface area contributed by atoms with Gasteiger partial charge in [0, 0.05) is 28.8 Å². The number of thioether (sulfide) groups is 1. The van der Waals surface area contributed by atoms with Crippen LogP contribution in [0.5, 0.6) is 11.9 Å². The Labute approximate surface area is 212 Å². The summed E-state index contributed by atoms with van der Waals surface area (Å²) in [7, 11) is -2.50. The Morgan fingerprint density at radius 3 is 2.21 bits per heavy atom. The van der Waals surface area contributed by atoms with Crippen LogP contribution in [0.3, 0.4) is 0 Å². The molecule has 2 N–H and O–H groups in total. The number of nitrogens with one attached hydrogen (secondary N) is 2. The van der Waals surface area contributed by atoms with Gasteiger partial charge >= 0.3 is 6.01 Å². The molecule has 10 nitrogen and oxygen atoms in total. The van der Waals surface area contributed by atoms with Crippen molar-refractivity contribution >= 4 is 43.7 Å². The van der Waals surface area contributed by atoms with E-state index in [4.69, 9.17) is 9.47 Å². The number of ether oxygens (including phenoxy) is 2. The van der Waals surface area contributed by atoms with Gasteiger partial charge in [-0.3, -0.25) is 4.72 Å². The van der Waals surface area contributed by atoms with E-state index < -0.39 is 10.2 Å². The first kappa shape index (κ1) is 27.8. The van der Waals surface area contributed by atoms with E-state index in [0.29, 0.717) is 11.1 Å². The highest BCUT2D eigenvalue weighted by Crippen LogP contribution is 2.34. The van der Waals surface area contributed by atoms with Gasteiger partial charge in [-0.15, -0.1) is 11.8 Å². The molecule has 0 aliphatic rings. The predicted octanol–water partition coefficient (Wildman–Crippen LogP) is 4.17. The number of nitrogens with zero attached hydrogens (tertiary/aromatic N) is 4. The van der Waals surface area contributed by atoms with Crippen molar-refractivity contribution in [2.45, 2.75) is 25.2 Å². The number of halogens is 1. The summed E-state index contributed by atoms with van der Waals surface area (Å²) in [6.45, 7) is 4.55. The van der Waals surface area contributed by atoms with Crippen molar-refractivity contribution in [3.8, 4) is 23.0 Å². The lowest BCUT2D eigenvalue weighted by molar-refractivity contribution is 0.201. The number of aromatic nitrogens is 4. The average molecular weight is 572 g/mol. The van der Waals surface area contributed by atoms with Gasteiger partial charge in [-0.1, -0.05) is 48.3 Å². The molecule has 1 aromatic carbocycles. The molecule has 0 radical (unpaired) electrons. The Kier molecular flexibility index (Phi) is 11.5. The number of benzene rings is 1. The highest BCUT2D eigenvalue weighted by molar-refractivity contribution is 9.10. The van der Waals surface area contributed by atoms with Crippen LogP contribution in [-0.4, -0.2) is 54.9 Å². The van der Waals surface area contributed by atoms with Crippen molar-refractivity contribution in [3.05, 3.63) is 47.5 Å². The van der Waals surface area contributed by atoms with Crippen LogP contribution < -0.4 is 18.9 Å². The molecule has 2 heterocycles. The molecule has 3 aromatic rings. The van der Waals surface area contributed by atoms with Gasteiger partial charge in [0.2, 0.25) is 5.88 Å². The Balaban J connectivity index is 0.00000129. The van der Waals surface area contributed by atoms with Crippen LogP contribution >= 0.6 is 27.7 Å². The summed E-state index contributed by atoms with van der Waals surface area (Å²) < 4.78 is 40.7. The minimum atomic E-state index is -3.79. The van der Waals surface area contributed by atoms with E-state index >= 15 is 0 Å². The van der Waals surface area contributed by atoms with E-state index in [1.165, 1.54) is 31.6 Å². The van der Waals surface area contributed by atoms with Gasteiger partial charge in [-0.2, -0.15) is 8.42 Å². The van der Waals surface area contributed by atoms with E-state index in [2.05, 4.69) is 59.2 Å². The quantitative estimate of drug-likeness (QED) is 0.272. The van der Waals surface area contributed by atoms with Gasteiger partial charge in [-0.05, 0) is 24.0 Å². The molecule has 0 bridgehead atoms. The molecule has 0 unspecified atom stereocenters. The summed E-state index contributed by atoms with van der Waals surface area (Å²) in [6.07, 6.45) is 7.74. The molecular formula is C21H27BrN6O4S2. The van der Waals surface area contributed by atoms with Gasteiger partial charge in [0.05, 0.1) is 5.56 Å². The largest absolute Gasteiger partial charge is 0.473 e. The lowest BCUT2D eigenvalue weighted by Gasteiger charge is -2.15. The Morgan fingerprint density at radius 1 is 1.00 bits per heavy atom. The van der Waals surface area contributed by atoms with Crippen molar-refractivity contribution < 1.29 is 17.9 Å². The molecule has 13 heteroatoms. The smallest absolute Gasteiger partial charge is 0.316 e. The fraction of sp³-hybridized carbons (Fsp3) is 0.333. The molecule has 184 valence electrons. The molecule has 0 saturated heterocycles. The highest BCUT2D eigenvalue weighted by Gasteiger charge is 2.19. The number of rotatable bonds is 10. The van der Waals surface area contributed by atoms with Crippen molar-refractivity contribution in [2.75, 3.05) is 31.2 Å². The van der Waals surface area contributed by atoms with Gasteiger partial charge < -0.3 is 9.47 Å². The summed E-state index contributed by atoms with van der Waals surface area (Å²) >= 11 is 4.92. The van der Waals surface area contributed by atoms with Gasteiger partial charge in [0.25, 0.3) is 10.2 Å². The minimum Gasteiger partial charge on any atom is -0.473 e. The lowest BCUT2D eigenvalue weighted by atomic mass is 10.1. The maximum atomic E-state index is 12.0. The second-order valence-corrected chi connectivity index (χ2v) is 9.94. The Morgan fingerprint density at radius 2 is 1.62 bits per heavy atom. The second-order valence-electron chi connectivity index (χ2n) is 6.53. The van der Waals surface area contributed by atoms with Crippen LogP contribution in [0.4, 0.5) is 5.82 Å². The first-order valence-corrected chi connectivity index (χ1v) is 13.8. The van der Waals surface area contributed by atoms with Crippen molar-refractivity contribution in [2.24, 2.45) is 0 Å². The topological polar surface area (TPSA) is 128 Å². The molecule has 0 spiro atoms. The zero-order valence-corrected chi connectivity index (χ0v) is 22.5. The Bertz CT molecular complexity index is 1130. The number of hydrogen-bond acceptors (Lipinski definition) is 9. The monoisotopic (exact) mass is 570 g/mol. The normalized spacial score (nSPS) is 10.7. The molecule has 0 atom stereocenters. The average Bonchev–Trinajstić information content (AvgIpc) is 2.83. The molecule has 2 aromatic heterocycles. The van der Waals surface area contributed by atoms with Gasteiger partial charge in [-0.25, -0.2) is 24.7 Å². The highest BCUT2D eigenvalue weighted by atomic mass is 79.9. The molecule has 0 saturated carbocycles. The fourth-order valence-corrected chi connectivity index (χ4v) is 3.46. The molecule has 0 amide bonds. The predicted molar refractivity (Wildman–Crippen MR) is 138 cm³/mol.